The highest BCUT2D eigenvalue weighted by atomic mass is 16.6. The summed E-state index contributed by atoms with van der Waals surface area (Å²) >= 11 is 0. The molecule has 6 nitrogen and oxygen atoms in total. The number of aliphatic carboxylic acids is 1. The van der Waals surface area contributed by atoms with E-state index in [0.29, 0.717) is 11.3 Å². The van der Waals surface area contributed by atoms with Crippen molar-refractivity contribution in [3.8, 4) is 0 Å². The zero-order valence-corrected chi connectivity index (χ0v) is 11.7. The molecule has 1 aromatic carbocycles. The first-order valence-corrected chi connectivity index (χ1v) is 6.17. The van der Waals surface area contributed by atoms with E-state index in [0.717, 1.165) is 0 Å². The highest BCUT2D eigenvalue weighted by Crippen LogP contribution is 2.20. The Morgan fingerprint density at radius 3 is 2.55 bits per heavy atom. The number of hydrogen-bond donors (Lipinski definition) is 3. The van der Waals surface area contributed by atoms with Gasteiger partial charge in [0.15, 0.2) is 0 Å². The number of carbonyl (C=O) groups is 2. The lowest BCUT2D eigenvalue weighted by atomic mass is 10.1. The highest BCUT2D eigenvalue weighted by molar-refractivity contribution is 5.85. The first-order valence-electron chi connectivity index (χ1n) is 6.17. The Balaban J connectivity index is 2.73. The summed E-state index contributed by atoms with van der Waals surface area (Å²) in [5.74, 6) is -1.09. The smallest absolute Gasteiger partial charge is 0.412 e. The Labute approximate surface area is 117 Å². The number of carboxylic acids is 1. The third-order valence-electron chi connectivity index (χ3n) is 2.28. The molecule has 20 heavy (non-hydrogen) atoms. The van der Waals surface area contributed by atoms with Gasteiger partial charge in [0.1, 0.15) is 5.60 Å². The number of carbonyl (C=O) groups excluding carboxylic acids is 1. The molecular formula is C14H19NO5. The van der Waals surface area contributed by atoms with Crippen molar-refractivity contribution in [1.82, 2.24) is 0 Å². The van der Waals surface area contributed by atoms with Gasteiger partial charge < -0.3 is 14.9 Å². The van der Waals surface area contributed by atoms with Gasteiger partial charge in [-0.1, -0.05) is 12.1 Å². The molecule has 0 fully saturated rings. The van der Waals surface area contributed by atoms with Crippen molar-refractivity contribution in [2.45, 2.75) is 38.9 Å². The van der Waals surface area contributed by atoms with Crippen molar-refractivity contribution in [3.63, 3.8) is 0 Å². The van der Waals surface area contributed by atoms with E-state index >= 15 is 0 Å². The van der Waals surface area contributed by atoms with Gasteiger partial charge in [-0.2, -0.15) is 0 Å². The highest BCUT2D eigenvalue weighted by Gasteiger charge is 2.17. The van der Waals surface area contributed by atoms with Crippen LogP contribution in [0.1, 0.15) is 38.9 Å². The van der Waals surface area contributed by atoms with Crippen molar-refractivity contribution in [2.75, 3.05) is 5.32 Å². The van der Waals surface area contributed by atoms with Crippen LogP contribution in [0.3, 0.4) is 0 Å². The monoisotopic (exact) mass is 281 g/mol. The molecule has 3 N–H and O–H groups in total. The molecule has 0 aliphatic heterocycles. The number of aliphatic hydroxyl groups is 1. The minimum Gasteiger partial charge on any atom is -0.481 e. The van der Waals surface area contributed by atoms with E-state index < -0.39 is 30.2 Å². The zero-order valence-electron chi connectivity index (χ0n) is 11.7. The second-order valence-corrected chi connectivity index (χ2v) is 5.37. The van der Waals surface area contributed by atoms with Gasteiger partial charge in [0.2, 0.25) is 0 Å². The number of nitrogens with one attached hydrogen (secondary N) is 1. The number of benzene rings is 1. The molecule has 0 spiro atoms. The molecule has 1 amide bonds. The van der Waals surface area contributed by atoms with Crippen LogP contribution >= 0.6 is 0 Å². The van der Waals surface area contributed by atoms with Crippen LogP contribution < -0.4 is 5.32 Å². The third kappa shape index (κ3) is 5.71. The summed E-state index contributed by atoms with van der Waals surface area (Å²) in [7, 11) is 0. The standard InChI is InChI=1S/C14H19NO5/c1-14(2,3)20-13(19)15-10-6-4-5-9(7-10)11(16)8-12(17)18/h4-7,11,16H,8H2,1-3H3,(H,15,19)(H,17,18). The molecule has 0 aliphatic rings. The van der Waals surface area contributed by atoms with Gasteiger partial charge in [0.25, 0.3) is 0 Å². The number of anilines is 1. The van der Waals surface area contributed by atoms with Crippen LogP contribution in [0.25, 0.3) is 0 Å². The SMILES string of the molecule is CC(C)(C)OC(=O)Nc1cccc(C(O)CC(=O)O)c1. The van der Waals surface area contributed by atoms with E-state index in [1.807, 2.05) is 0 Å². The van der Waals surface area contributed by atoms with E-state index in [1.54, 1.807) is 39.0 Å². The second kappa shape index (κ2) is 6.38. The summed E-state index contributed by atoms with van der Waals surface area (Å²) in [6, 6.07) is 6.35. The Bertz CT molecular complexity index is 493. The molecule has 0 radical (unpaired) electrons. The first-order chi connectivity index (χ1) is 9.17. The van der Waals surface area contributed by atoms with Crippen molar-refractivity contribution < 1.29 is 24.5 Å². The van der Waals surface area contributed by atoms with Crippen LogP contribution in [0.2, 0.25) is 0 Å². The fourth-order valence-corrected chi connectivity index (χ4v) is 1.53. The Kier molecular flexibility index (Phi) is 5.10. The average Bonchev–Trinajstić information content (AvgIpc) is 2.25. The molecule has 0 aromatic heterocycles. The van der Waals surface area contributed by atoms with Crippen molar-refractivity contribution in [1.29, 1.82) is 0 Å². The molecule has 1 rings (SSSR count). The molecular weight excluding hydrogens is 262 g/mol. The summed E-state index contributed by atoms with van der Waals surface area (Å²) in [5, 5.41) is 20.9. The van der Waals surface area contributed by atoms with Gasteiger partial charge in [-0.25, -0.2) is 4.79 Å². The lowest BCUT2D eigenvalue weighted by Gasteiger charge is -2.20. The molecule has 0 saturated carbocycles. The van der Waals surface area contributed by atoms with Crippen LogP contribution in [0.15, 0.2) is 24.3 Å². The number of ether oxygens (including phenoxy) is 1. The number of carboxylic acid groups (broad SMARTS) is 1. The van der Waals surface area contributed by atoms with Gasteiger partial charge in [0, 0.05) is 5.69 Å². The van der Waals surface area contributed by atoms with Gasteiger partial charge in [-0.05, 0) is 38.5 Å². The van der Waals surface area contributed by atoms with Crippen LogP contribution in [-0.4, -0.2) is 27.9 Å². The minimum atomic E-state index is -1.12. The van der Waals surface area contributed by atoms with E-state index in [9.17, 15) is 14.7 Å². The number of aliphatic hydroxyl groups excluding tert-OH is 1. The largest absolute Gasteiger partial charge is 0.481 e. The number of rotatable bonds is 4. The van der Waals surface area contributed by atoms with Crippen molar-refractivity contribution >= 4 is 17.7 Å². The normalized spacial score (nSPS) is 12.6. The first kappa shape index (κ1) is 16.0. The number of amides is 1. The second-order valence-electron chi connectivity index (χ2n) is 5.37. The molecule has 1 atom stereocenters. The van der Waals surface area contributed by atoms with E-state index in [2.05, 4.69) is 5.32 Å². The molecule has 0 saturated heterocycles. The molecule has 110 valence electrons. The van der Waals surface area contributed by atoms with E-state index in [4.69, 9.17) is 9.84 Å². The molecule has 1 unspecified atom stereocenters. The van der Waals surface area contributed by atoms with Crippen molar-refractivity contribution in [3.05, 3.63) is 29.8 Å². The maximum absolute atomic E-state index is 11.6. The van der Waals surface area contributed by atoms with Crippen LogP contribution in [0.4, 0.5) is 10.5 Å². The third-order valence-corrected chi connectivity index (χ3v) is 2.28. The van der Waals surface area contributed by atoms with E-state index in [-0.39, 0.29) is 0 Å². The van der Waals surface area contributed by atoms with Crippen LogP contribution in [0, 0.1) is 0 Å². The minimum absolute atomic E-state index is 0.393. The lowest BCUT2D eigenvalue weighted by Crippen LogP contribution is -2.27. The van der Waals surface area contributed by atoms with Gasteiger partial charge >= 0.3 is 12.1 Å². The number of hydrogen-bond acceptors (Lipinski definition) is 4. The van der Waals surface area contributed by atoms with Gasteiger partial charge in [-0.15, -0.1) is 0 Å². The van der Waals surface area contributed by atoms with Crippen LogP contribution in [0.5, 0.6) is 0 Å². The topological polar surface area (TPSA) is 95.9 Å². The average molecular weight is 281 g/mol. The maximum Gasteiger partial charge on any atom is 0.412 e. The zero-order chi connectivity index (χ0) is 15.3. The quantitative estimate of drug-likeness (QED) is 0.788. The Morgan fingerprint density at radius 1 is 1.35 bits per heavy atom. The Morgan fingerprint density at radius 2 is 2.00 bits per heavy atom. The molecule has 0 heterocycles. The van der Waals surface area contributed by atoms with E-state index in [1.165, 1.54) is 6.07 Å². The lowest BCUT2D eigenvalue weighted by molar-refractivity contribution is -0.139. The van der Waals surface area contributed by atoms with Crippen molar-refractivity contribution in [2.24, 2.45) is 0 Å². The Hall–Kier alpha value is -2.08. The van der Waals surface area contributed by atoms with Gasteiger partial charge in [0.05, 0.1) is 12.5 Å². The summed E-state index contributed by atoms with van der Waals surface area (Å²) in [6.45, 7) is 5.25. The maximum atomic E-state index is 11.6. The molecule has 0 aliphatic carbocycles. The molecule has 6 heteroatoms. The molecule has 1 aromatic rings. The summed E-state index contributed by atoms with van der Waals surface area (Å²) in [5.41, 5.74) is 0.243. The predicted octanol–water partition coefficient (Wildman–Crippen LogP) is 2.54. The predicted molar refractivity (Wildman–Crippen MR) is 73.5 cm³/mol. The fraction of sp³-hybridized carbons (Fsp3) is 0.429. The fourth-order valence-electron chi connectivity index (χ4n) is 1.53. The summed E-state index contributed by atoms with van der Waals surface area (Å²) in [4.78, 5) is 22.1. The molecule has 0 bridgehead atoms. The summed E-state index contributed by atoms with van der Waals surface area (Å²) < 4.78 is 5.10. The summed E-state index contributed by atoms with van der Waals surface area (Å²) in [6.07, 6.45) is -2.12. The van der Waals surface area contributed by atoms with Gasteiger partial charge in [-0.3, -0.25) is 10.1 Å². The van der Waals surface area contributed by atoms with Crippen LogP contribution in [-0.2, 0) is 9.53 Å².